The summed E-state index contributed by atoms with van der Waals surface area (Å²) in [5.74, 6) is 0.192. The van der Waals surface area contributed by atoms with Crippen molar-refractivity contribution in [3.8, 4) is 11.5 Å². The molecule has 0 unspecified atom stereocenters. The molecule has 0 saturated carbocycles. The maximum atomic E-state index is 12.1. The lowest BCUT2D eigenvalue weighted by Crippen LogP contribution is -2.03. The molecule has 0 aliphatic carbocycles. The maximum Gasteiger partial charge on any atom is 0.256 e. The van der Waals surface area contributed by atoms with E-state index in [1.54, 1.807) is 42.5 Å². The summed E-state index contributed by atoms with van der Waals surface area (Å²) in [6.07, 6.45) is 1.65. The SMILES string of the molecule is CCOc1cccc(/C=C2\C(=O)Nc3cc(Cl)ccc32)c1O. The van der Waals surface area contributed by atoms with E-state index in [-0.39, 0.29) is 11.7 Å². The highest BCUT2D eigenvalue weighted by molar-refractivity contribution is 6.36. The highest BCUT2D eigenvalue weighted by Gasteiger charge is 2.24. The standard InChI is InChI=1S/C17H14ClNO3/c1-2-22-15-5-3-4-10(16(15)20)8-13-12-7-6-11(18)9-14(12)19-17(13)21/h3-9,20H,2H2,1H3,(H,19,21)/b13-8-. The molecule has 1 amide bonds. The summed E-state index contributed by atoms with van der Waals surface area (Å²) in [5, 5.41) is 13.6. The van der Waals surface area contributed by atoms with Gasteiger partial charge in [-0.1, -0.05) is 29.8 Å². The third-order valence-corrected chi connectivity index (χ3v) is 3.63. The molecule has 2 aromatic rings. The normalized spacial score (nSPS) is 14.8. The molecule has 0 spiro atoms. The molecule has 0 bridgehead atoms. The first-order valence-electron chi connectivity index (χ1n) is 6.88. The van der Waals surface area contributed by atoms with Gasteiger partial charge in [-0.05, 0) is 31.2 Å². The predicted molar refractivity (Wildman–Crippen MR) is 87.2 cm³/mol. The zero-order valence-corrected chi connectivity index (χ0v) is 12.6. The Morgan fingerprint density at radius 2 is 2.14 bits per heavy atom. The van der Waals surface area contributed by atoms with Crippen molar-refractivity contribution in [3.63, 3.8) is 0 Å². The second-order valence-electron chi connectivity index (χ2n) is 4.83. The van der Waals surface area contributed by atoms with Gasteiger partial charge in [0.05, 0.1) is 12.3 Å². The van der Waals surface area contributed by atoms with Gasteiger partial charge in [-0.3, -0.25) is 4.79 Å². The zero-order valence-electron chi connectivity index (χ0n) is 11.9. The van der Waals surface area contributed by atoms with Crippen molar-refractivity contribution in [2.24, 2.45) is 0 Å². The number of nitrogens with one attached hydrogen (secondary N) is 1. The largest absolute Gasteiger partial charge is 0.504 e. The van der Waals surface area contributed by atoms with Gasteiger partial charge in [-0.15, -0.1) is 0 Å². The molecule has 0 saturated heterocycles. The number of amides is 1. The molecular weight excluding hydrogens is 302 g/mol. The van der Waals surface area contributed by atoms with Crippen molar-refractivity contribution < 1.29 is 14.6 Å². The van der Waals surface area contributed by atoms with Gasteiger partial charge in [0.15, 0.2) is 11.5 Å². The average Bonchev–Trinajstić information content (AvgIpc) is 2.78. The van der Waals surface area contributed by atoms with E-state index >= 15 is 0 Å². The smallest absolute Gasteiger partial charge is 0.256 e. The van der Waals surface area contributed by atoms with Gasteiger partial charge in [-0.2, -0.15) is 0 Å². The van der Waals surface area contributed by atoms with Crippen LogP contribution in [-0.2, 0) is 4.79 Å². The van der Waals surface area contributed by atoms with Gasteiger partial charge in [-0.25, -0.2) is 0 Å². The molecule has 5 heteroatoms. The molecule has 0 atom stereocenters. The van der Waals surface area contributed by atoms with Crippen LogP contribution in [0.25, 0.3) is 11.6 Å². The molecule has 2 aromatic carbocycles. The van der Waals surface area contributed by atoms with Crippen molar-refractivity contribution in [1.82, 2.24) is 0 Å². The van der Waals surface area contributed by atoms with E-state index in [9.17, 15) is 9.90 Å². The van der Waals surface area contributed by atoms with Crippen LogP contribution in [0.3, 0.4) is 0 Å². The fourth-order valence-corrected chi connectivity index (χ4v) is 2.57. The Morgan fingerprint density at radius 3 is 2.91 bits per heavy atom. The molecule has 2 N–H and O–H groups in total. The van der Waals surface area contributed by atoms with Crippen LogP contribution in [0.15, 0.2) is 36.4 Å². The van der Waals surface area contributed by atoms with Gasteiger partial charge >= 0.3 is 0 Å². The van der Waals surface area contributed by atoms with Crippen LogP contribution in [0, 0.1) is 0 Å². The lowest BCUT2D eigenvalue weighted by molar-refractivity contribution is -0.110. The number of carbonyl (C=O) groups is 1. The van der Waals surface area contributed by atoms with E-state index in [1.807, 2.05) is 6.92 Å². The molecule has 112 valence electrons. The summed E-state index contributed by atoms with van der Waals surface area (Å²) in [6, 6.07) is 10.4. The highest BCUT2D eigenvalue weighted by atomic mass is 35.5. The minimum absolute atomic E-state index is 0.0204. The van der Waals surface area contributed by atoms with Crippen molar-refractivity contribution in [3.05, 3.63) is 52.5 Å². The molecule has 0 radical (unpaired) electrons. The Bertz CT molecular complexity index is 783. The molecule has 0 aromatic heterocycles. The van der Waals surface area contributed by atoms with Crippen LogP contribution >= 0.6 is 11.6 Å². The lowest BCUT2D eigenvalue weighted by Gasteiger charge is -2.08. The van der Waals surface area contributed by atoms with E-state index in [0.29, 0.717) is 34.2 Å². The summed E-state index contributed by atoms with van der Waals surface area (Å²) in [5.41, 5.74) is 2.44. The van der Waals surface area contributed by atoms with Crippen molar-refractivity contribution in [2.45, 2.75) is 6.92 Å². The topological polar surface area (TPSA) is 58.6 Å². The molecule has 3 rings (SSSR count). The Balaban J connectivity index is 2.07. The number of phenolic OH excluding ortho intramolecular Hbond substituents is 1. The molecule has 1 aliphatic rings. The van der Waals surface area contributed by atoms with Crippen LogP contribution in [0.2, 0.25) is 5.02 Å². The van der Waals surface area contributed by atoms with E-state index in [1.165, 1.54) is 0 Å². The second-order valence-corrected chi connectivity index (χ2v) is 5.27. The summed E-state index contributed by atoms with van der Waals surface area (Å²) in [6.45, 7) is 2.30. The van der Waals surface area contributed by atoms with Crippen LogP contribution < -0.4 is 10.1 Å². The van der Waals surface area contributed by atoms with Crippen molar-refractivity contribution >= 4 is 34.8 Å². The van der Waals surface area contributed by atoms with Crippen LogP contribution in [0.4, 0.5) is 5.69 Å². The first-order chi connectivity index (χ1) is 10.6. The number of benzene rings is 2. The minimum atomic E-state index is -0.224. The second kappa shape index (κ2) is 5.73. The van der Waals surface area contributed by atoms with Crippen LogP contribution in [0.1, 0.15) is 18.1 Å². The molecular formula is C17H14ClNO3. The van der Waals surface area contributed by atoms with E-state index in [2.05, 4.69) is 5.32 Å². The fourth-order valence-electron chi connectivity index (χ4n) is 2.39. The molecule has 0 fully saturated rings. The number of para-hydroxylation sites is 1. The first kappa shape index (κ1) is 14.5. The van der Waals surface area contributed by atoms with Gasteiger partial charge in [0, 0.05) is 21.7 Å². The Labute approximate surface area is 133 Å². The maximum absolute atomic E-state index is 12.1. The van der Waals surface area contributed by atoms with Crippen LogP contribution in [0.5, 0.6) is 11.5 Å². The minimum Gasteiger partial charge on any atom is -0.504 e. The zero-order chi connectivity index (χ0) is 15.7. The number of ether oxygens (including phenoxy) is 1. The van der Waals surface area contributed by atoms with Gasteiger partial charge in [0.2, 0.25) is 0 Å². The summed E-state index contributed by atoms with van der Waals surface area (Å²) < 4.78 is 5.36. The Hall–Kier alpha value is -2.46. The average molecular weight is 316 g/mol. The number of carbonyl (C=O) groups excluding carboxylic acids is 1. The quantitative estimate of drug-likeness (QED) is 0.844. The number of fused-ring (bicyclic) bond motifs is 1. The van der Waals surface area contributed by atoms with Gasteiger partial charge < -0.3 is 15.2 Å². The molecule has 22 heavy (non-hydrogen) atoms. The van der Waals surface area contributed by atoms with Gasteiger partial charge in [0.25, 0.3) is 5.91 Å². The third kappa shape index (κ3) is 2.53. The number of anilines is 1. The van der Waals surface area contributed by atoms with E-state index < -0.39 is 0 Å². The highest BCUT2D eigenvalue weighted by Crippen LogP contribution is 2.37. The van der Waals surface area contributed by atoms with E-state index in [4.69, 9.17) is 16.3 Å². The number of aromatic hydroxyl groups is 1. The Kier molecular flexibility index (Phi) is 3.77. The predicted octanol–water partition coefficient (Wildman–Crippen LogP) is 3.94. The number of phenols is 1. The summed E-state index contributed by atoms with van der Waals surface area (Å²) in [7, 11) is 0. The van der Waals surface area contributed by atoms with Crippen molar-refractivity contribution in [2.75, 3.05) is 11.9 Å². The molecule has 4 nitrogen and oxygen atoms in total. The Morgan fingerprint density at radius 1 is 1.32 bits per heavy atom. The molecule has 1 aliphatic heterocycles. The number of rotatable bonds is 3. The van der Waals surface area contributed by atoms with E-state index in [0.717, 1.165) is 5.56 Å². The number of hydrogen-bond donors (Lipinski definition) is 2. The summed E-state index contributed by atoms with van der Waals surface area (Å²) >= 11 is 5.93. The number of hydrogen-bond acceptors (Lipinski definition) is 3. The first-order valence-corrected chi connectivity index (χ1v) is 7.25. The lowest BCUT2D eigenvalue weighted by atomic mass is 10.0. The third-order valence-electron chi connectivity index (χ3n) is 3.39. The van der Waals surface area contributed by atoms with Gasteiger partial charge in [0.1, 0.15) is 0 Å². The fraction of sp³-hybridized carbons (Fsp3) is 0.118. The monoisotopic (exact) mass is 315 g/mol. The summed E-state index contributed by atoms with van der Waals surface area (Å²) in [4.78, 5) is 12.1. The number of halogens is 1. The van der Waals surface area contributed by atoms with Crippen LogP contribution in [-0.4, -0.2) is 17.6 Å². The van der Waals surface area contributed by atoms with Crippen molar-refractivity contribution in [1.29, 1.82) is 0 Å². The molecule has 1 heterocycles.